The first-order valence-electron chi connectivity index (χ1n) is 6.23. The summed E-state index contributed by atoms with van der Waals surface area (Å²) in [5.41, 5.74) is 0. The molecule has 0 radical (unpaired) electrons. The summed E-state index contributed by atoms with van der Waals surface area (Å²) in [7, 11) is 0. The highest BCUT2D eigenvalue weighted by Gasteiger charge is 2.20. The Balaban J connectivity index is 1.85. The van der Waals surface area contributed by atoms with Crippen molar-refractivity contribution in [2.45, 2.75) is 32.4 Å². The summed E-state index contributed by atoms with van der Waals surface area (Å²) in [5.74, 6) is 0.591. The van der Waals surface area contributed by atoms with Crippen LogP contribution in [0.5, 0.6) is 0 Å². The second-order valence-corrected chi connectivity index (χ2v) is 5.73. The minimum atomic E-state index is 0.296. The van der Waals surface area contributed by atoms with E-state index < -0.39 is 0 Å². The van der Waals surface area contributed by atoms with Gasteiger partial charge in [-0.25, -0.2) is 0 Å². The Morgan fingerprint density at radius 1 is 1.53 bits per heavy atom. The fourth-order valence-electron chi connectivity index (χ4n) is 2.05. The molecule has 17 heavy (non-hydrogen) atoms. The number of nitrogens with one attached hydrogen (secondary N) is 1. The lowest BCUT2D eigenvalue weighted by Gasteiger charge is -2.27. The average molecular weight is 255 g/mol. The number of thiophene rings is 1. The van der Waals surface area contributed by atoms with Crippen molar-refractivity contribution in [1.82, 2.24) is 5.32 Å². The van der Waals surface area contributed by atoms with E-state index in [1.807, 2.05) is 11.3 Å². The zero-order chi connectivity index (χ0) is 12.1. The first-order valence-corrected chi connectivity index (χ1v) is 7.11. The lowest BCUT2D eigenvalue weighted by molar-refractivity contribution is -0.137. The first kappa shape index (κ1) is 13.0. The summed E-state index contributed by atoms with van der Waals surface area (Å²) in [6, 6.07) is 4.75. The fraction of sp³-hybridized carbons (Fsp3) is 0.692. The van der Waals surface area contributed by atoms with Gasteiger partial charge in [0.25, 0.3) is 0 Å². The number of ether oxygens (including phenoxy) is 2. The highest BCUT2D eigenvalue weighted by Crippen LogP contribution is 2.25. The molecule has 96 valence electrons. The highest BCUT2D eigenvalue weighted by molar-refractivity contribution is 7.10. The molecule has 1 aromatic heterocycles. The molecule has 0 saturated carbocycles. The summed E-state index contributed by atoms with van der Waals surface area (Å²) < 4.78 is 10.7. The number of rotatable bonds is 5. The van der Waals surface area contributed by atoms with Crippen LogP contribution in [-0.4, -0.2) is 26.0 Å². The molecule has 4 heteroatoms. The zero-order valence-electron chi connectivity index (χ0n) is 10.5. The van der Waals surface area contributed by atoms with E-state index in [0.717, 1.165) is 19.6 Å². The van der Waals surface area contributed by atoms with Gasteiger partial charge in [0.1, 0.15) is 6.79 Å². The Morgan fingerprint density at radius 3 is 3.00 bits per heavy atom. The molecule has 2 atom stereocenters. The largest absolute Gasteiger partial charge is 0.355 e. The molecule has 0 aliphatic carbocycles. The van der Waals surface area contributed by atoms with E-state index in [0.29, 0.717) is 24.9 Å². The van der Waals surface area contributed by atoms with Crippen LogP contribution in [0.15, 0.2) is 17.5 Å². The van der Waals surface area contributed by atoms with Crippen LogP contribution in [0, 0.1) is 5.92 Å². The molecule has 0 unspecified atom stereocenters. The maximum atomic E-state index is 5.54. The summed E-state index contributed by atoms with van der Waals surface area (Å²) in [6.45, 7) is 6.67. The van der Waals surface area contributed by atoms with Crippen molar-refractivity contribution >= 4 is 11.3 Å². The molecular formula is C13H21NO2S. The second kappa shape index (κ2) is 6.50. The van der Waals surface area contributed by atoms with Gasteiger partial charge in [0.05, 0.1) is 12.7 Å². The second-order valence-electron chi connectivity index (χ2n) is 4.75. The van der Waals surface area contributed by atoms with E-state index >= 15 is 0 Å². The molecule has 3 nitrogen and oxygen atoms in total. The third-order valence-corrected chi connectivity index (χ3v) is 4.01. The summed E-state index contributed by atoms with van der Waals surface area (Å²) in [5, 5.41) is 5.76. The van der Waals surface area contributed by atoms with Gasteiger partial charge in [-0.15, -0.1) is 11.3 Å². The van der Waals surface area contributed by atoms with Crippen LogP contribution in [0.25, 0.3) is 0 Å². The molecule has 1 fully saturated rings. The molecule has 1 aromatic rings. The van der Waals surface area contributed by atoms with Crippen LogP contribution in [-0.2, 0) is 9.47 Å². The van der Waals surface area contributed by atoms with Crippen molar-refractivity contribution < 1.29 is 9.47 Å². The summed E-state index contributed by atoms with van der Waals surface area (Å²) in [4.78, 5) is 1.41. The average Bonchev–Trinajstić information content (AvgIpc) is 2.84. The van der Waals surface area contributed by atoms with E-state index in [2.05, 4.69) is 36.7 Å². The van der Waals surface area contributed by atoms with Gasteiger partial charge in [-0.1, -0.05) is 19.9 Å². The molecule has 0 amide bonds. The molecule has 0 bridgehead atoms. The molecule has 1 aliphatic rings. The van der Waals surface area contributed by atoms with E-state index in [1.54, 1.807) is 0 Å². The van der Waals surface area contributed by atoms with Crippen LogP contribution in [0.2, 0.25) is 0 Å². The number of hydrogen-bond acceptors (Lipinski definition) is 4. The van der Waals surface area contributed by atoms with Crippen molar-refractivity contribution in [2.24, 2.45) is 5.92 Å². The van der Waals surface area contributed by atoms with Gasteiger partial charge in [-0.3, -0.25) is 0 Å². The molecule has 0 spiro atoms. The maximum Gasteiger partial charge on any atom is 0.147 e. The van der Waals surface area contributed by atoms with Crippen LogP contribution in [0.1, 0.15) is 31.2 Å². The van der Waals surface area contributed by atoms with Crippen LogP contribution >= 0.6 is 11.3 Å². The van der Waals surface area contributed by atoms with Gasteiger partial charge >= 0.3 is 0 Å². The Bertz CT molecular complexity index is 307. The van der Waals surface area contributed by atoms with Crippen molar-refractivity contribution in [2.75, 3.05) is 19.9 Å². The normalized spacial score (nSPS) is 22.9. The molecule has 0 aromatic carbocycles. The SMILES string of the molecule is CC(C)[C@H](NC[C@H]1CCOCO1)c1cccs1. The maximum absolute atomic E-state index is 5.54. The monoisotopic (exact) mass is 255 g/mol. The molecule has 1 saturated heterocycles. The standard InChI is InChI=1S/C13H21NO2S/c1-10(2)13(12-4-3-7-17-12)14-8-11-5-6-15-9-16-11/h3-4,7,10-11,13-14H,5-6,8-9H2,1-2H3/t11-,13+/m1/s1. The minimum absolute atomic E-state index is 0.296. The topological polar surface area (TPSA) is 30.5 Å². The Labute approximate surface area is 107 Å². The highest BCUT2D eigenvalue weighted by atomic mass is 32.1. The minimum Gasteiger partial charge on any atom is -0.355 e. The Hall–Kier alpha value is -0.420. The predicted octanol–water partition coefficient (Wildman–Crippen LogP) is 2.80. The lowest BCUT2D eigenvalue weighted by atomic mass is 10.0. The van der Waals surface area contributed by atoms with Gasteiger partial charge in [0.2, 0.25) is 0 Å². The van der Waals surface area contributed by atoms with E-state index in [9.17, 15) is 0 Å². The van der Waals surface area contributed by atoms with Crippen molar-refractivity contribution in [3.05, 3.63) is 22.4 Å². The van der Waals surface area contributed by atoms with Gasteiger partial charge < -0.3 is 14.8 Å². The molecule has 1 aliphatic heterocycles. The van der Waals surface area contributed by atoms with Gasteiger partial charge in [-0.2, -0.15) is 0 Å². The van der Waals surface area contributed by atoms with Crippen molar-refractivity contribution in [3.63, 3.8) is 0 Å². The fourth-order valence-corrected chi connectivity index (χ4v) is 3.03. The number of hydrogen-bond donors (Lipinski definition) is 1. The molecular weight excluding hydrogens is 234 g/mol. The Kier molecular flexibility index (Phi) is 4.98. The quantitative estimate of drug-likeness (QED) is 0.877. The summed E-state index contributed by atoms with van der Waals surface area (Å²) >= 11 is 1.82. The predicted molar refractivity (Wildman–Crippen MR) is 70.2 cm³/mol. The third kappa shape index (κ3) is 3.78. The Morgan fingerprint density at radius 2 is 2.41 bits per heavy atom. The first-order chi connectivity index (χ1) is 8.27. The summed E-state index contributed by atoms with van der Waals surface area (Å²) in [6.07, 6.45) is 1.28. The third-order valence-electron chi connectivity index (χ3n) is 3.05. The lowest BCUT2D eigenvalue weighted by Crippen LogP contribution is -2.37. The van der Waals surface area contributed by atoms with Crippen LogP contribution < -0.4 is 5.32 Å². The molecule has 1 N–H and O–H groups in total. The molecule has 2 heterocycles. The van der Waals surface area contributed by atoms with Crippen molar-refractivity contribution in [1.29, 1.82) is 0 Å². The van der Waals surface area contributed by atoms with Gasteiger partial charge in [-0.05, 0) is 23.8 Å². The van der Waals surface area contributed by atoms with Gasteiger partial charge in [0.15, 0.2) is 0 Å². The van der Waals surface area contributed by atoms with E-state index in [1.165, 1.54) is 4.88 Å². The zero-order valence-corrected chi connectivity index (χ0v) is 11.3. The van der Waals surface area contributed by atoms with Crippen molar-refractivity contribution in [3.8, 4) is 0 Å². The van der Waals surface area contributed by atoms with Crippen LogP contribution in [0.4, 0.5) is 0 Å². The van der Waals surface area contributed by atoms with Gasteiger partial charge in [0, 0.05) is 17.5 Å². The van der Waals surface area contributed by atoms with E-state index in [-0.39, 0.29) is 0 Å². The molecule has 2 rings (SSSR count). The smallest absolute Gasteiger partial charge is 0.147 e. The van der Waals surface area contributed by atoms with E-state index in [4.69, 9.17) is 9.47 Å². The van der Waals surface area contributed by atoms with Crippen LogP contribution in [0.3, 0.4) is 0 Å².